The quantitative estimate of drug-likeness (QED) is 0.270. The monoisotopic (exact) mass is 412 g/mol. The van der Waals surface area contributed by atoms with E-state index >= 15 is 0 Å². The lowest BCUT2D eigenvalue weighted by atomic mass is 10.1. The fourth-order valence-corrected chi connectivity index (χ4v) is 3.08. The van der Waals surface area contributed by atoms with Gasteiger partial charge in [0.1, 0.15) is 11.5 Å². The van der Waals surface area contributed by atoms with Gasteiger partial charge in [-0.25, -0.2) is 8.42 Å². The van der Waals surface area contributed by atoms with Crippen molar-refractivity contribution in [2.75, 3.05) is 11.0 Å². The summed E-state index contributed by atoms with van der Waals surface area (Å²) in [5, 5.41) is 10.7. The molecule has 1 N–H and O–H groups in total. The molecule has 0 fully saturated rings. The van der Waals surface area contributed by atoms with E-state index in [-0.39, 0.29) is 11.5 Å². The van der Waals surface area contributed by atoms with Crippen LogP contribution in [0.15, 0.2) is 71.2 Å². The molecule has 8 nitrogen and oxygen atoms in total. The Bertz CT molecular complexity index is 1180. The standard InChI is InChI=1S/C20H16N2O6S/c1-29(26,27)21-16-6-2-14(3-7-16)19(23)12-10-18-11-13-20(28-18)15-4-8-17(9-5-15)22(24)25/h2-13,21H,1H3/b12-10-. The summed E-state index contributed by atoms with van der Waals surface area (Å²) >= 11 is 0. The molecule has 148 valence electrons. The molecule has 0 aliphatic rings. The minimum Gasteiger partial charge on any atom is -0.457 e. The van der Waals surface area contributed by atoms with Gasteiger partial charge >= 0.3 is 0 Å². The highest BCUT2D eigenvalue weighted by Gasteiger charge is 2.09. The number of ketones is 1. The molecule has 0 saturated heterocycles. The number of allylic oxidation sites excluding steroid dienone is 1. The van der Waals surface area contributed by atoms with Gasteiger partial charge in [-0.1, -0.05) is 0 Å². The molecule has 1 aromatic heterocycles. The van der Waals surface area contributed by atoms with Gasteiger partial charge < -0.3 is 4.42 Å². The third-order valence-electron chi connectivity index (χ3n) is 3.86. The third-order valence-corrected chi connectivity index (χ3v) is 4.47. The Morgan fingerprint density at radius 3 is 2.28 bits per heavy atom. The number of nitro groups is 1. The predicted molar refractivity (Wildman–Crippen MR) is 109 cm³/mol. The van der Waals surface area contributed by atoms with E-state index in [1.165, 1.54) is 48.6 Å². The summed E-state index contributed by atoms with van der Waals surface area (Å²) in [5.74, 6) is 0.689. The Labute approximate surface area is 166 Å². The molecule has 29 heavy (non-hydrogen) atoms. The number of furan rings is 1. The summed E-state index contributed by atoms with van der Waals surface area (Å²) in [7, 11) is -3.38. The number of anilines is 1. The summed E-state index contributed by atoms with van der Waals surface area (Å²) in [6.07, 6.45) is 3.90. The molecule has 0 amide bonds. The second-order valence-electron chi connectivity index (χ2n) is 6.16. The fraction of sp³-hybridized carbons (Fsp3) is 0.0500. The van der Waals surface area contributed by atoms with E-state index in [1.54, 1.807) is 24.3 Å². The average molecular weight is 412 g/mol. The number of non-ortho nitro benzene ring substituents is 1. The first kappa shape index (κ1) is 20.0. The molecule has 0 bridgehead atoms. The Kier molecular flexibility index (Phi) is 5.60. The van der Waals surface area contributed by atoms with Crippen molar-refractivity contribution in [3.05, 3.63) is 88.2 Å². The van der Waals surface area contributed by atoms with Crippen molar-refractivity contribution in [3.8, 4) is 11.3 Å². The highest BCUT2D eigenvalue weighted by molar-refractivity contribution is 7.92. The predicted octanol–water partition coefficient (Wildman–Crippen LogP) is 4.12. The number of rotatable bonds is 7. The van der Waals surface area contributed by atoms with Gasteiger partial charge in [0.15, 0.2) is 5.78 Å². The van der Waals surface area contributed by atoms with Crippen molar-refractivity contribution < 1.29 is 22.6 Å². The molecule has 3 aromatic rings. The number of sulfonamides is 1. The third kappa shape index (κ3) is 5.39. The number of nitrogens with one attached hydrogen (secondary N) is 1. The van der Waals surface area contributed by atoms with Crippen LogP contribution < -0.4 is 4.72 Å². The van der Waals surface area contributed by atoms with Crippen molar-refractivity contribution >= 4 is 33.3 Å². The Balaban J connectivity index is 1.68. The Morgan fingerprint density at radius 1 is 1.03 bits per heavy atom. The van der Waals surface area contributed by atoms with Crippen LogP contribution in [0.4, 0.5) is 11.4 Å². The van der Waals surface area contributed by atoms with Crippen molar-refractivity contribution in [1.82, 2.24) is 0 Å². The zero-order valence-electron chi connectivity index (χ0n) is 15.2. The van der Waals surface area contributed by atoms with Crippen molar-refractivity contribution in [2.24, 2.45) is 0 Å². The molecule has 3 rings (SSSR count). The van der Waals surface area contributed by atoms with Crippen LogP contribution in [-0.4, -0.2) is 25.4 Å². The summed E-state index contributed by atoms with van der Waals surface area (Å²) < 4.78 is 30.4. The summed E-state index contributed by atoms with van der Waals surface area (Å²) in [4.78, 5) is 22.5. The summed E-state index contributed by atoms with van der Waals surface area (Å²) in [6, 6.07) is 15.4. The van der Waals surface area contributed by atoms with E-state index in [1.807, 2.05) is 0 Å². The van der Waals surface area contributed by atoms with E-state index < -0.39 is 14.9 Å². The molecule has 0 aliphatic carbocycles. The normalized spacial score (nSPS) is 11.5. The molecule has 0 saturated carbocycles. The van der Waals surface area contributed by atoms with Crippen LogP contribution >= 0.6 is 0 Å². The molecule has 0 atom stereocenters. The van der Waals surface area contributed by atoms with Gasteiger partial charge in [-0.15, -0.1) is 0 Å². The lowest BCUT2D eigenvalue weighted by Gasteiger charge is -2.03. The lowest BCUT2D eigenvalue weighted by Crippen LogP contribution is -2.09. The van der Waals surface area contributed by atoms with Crippen LogP contribution in [0.25, 0.3) is 17.4 Å². The first-order valence-electron chi connectivity index (χ1n) is 8.36. The van der Waals surface area contributed by atoms with Crippen LogP contribution in [0.1, 0.15) is 16.1 Å². The number of carbonyl (C=O) groups is 1. The SMILES string of the molecule is CS(=O)(=O)Nc1ccc(C(=O)/C=C\c2ccc(-c3ccc([N+](=O)[O-])cc3)o2)cc1. The molecular formula is C20H16N2O6S. The largest absolute Gasteiger partial charge is 0.457 e. The highest BCUT2D eigenvalue weighted by atomic mass is 32.2. The summed E-state index contributed by atoms with van der Waals surface area (Å²) in [6.45, 7) is 0. The average Bonchev–Trinajstić information content (AvgIpc) is 3.14. The van der Waals surface area contributed by atoms with Crippen molar-refractivity contribution in [1.29, 1.82) is 0 Å². The number of benzene rings is 2. The smallest absolute Gasteiger partial charge is 0.269 e. The zero-order valence-corrected chi connectivity index (χ0v) is 16.0. The minimum absolute atomic E-state index is 0.0104. The molecule has 0 unspecified atom stereocenters. The van der Waals surface area contributed by atoms with E-state index in [0.29, 0.717) is 28.3 Å². The number of carbonyl (C=O) groups excluding carboxylic acids is 1. The van der Waals surface area contributed by atoms with Gasteiger partial charge in [-0.3, -0.25) is 19.6 Å². The van der Waals surface area contributed by atoms with Crippen molar-refractivity contribution in [2.45, 2.75) is 0 Å². The van der Waals surface area contributed by atoms with E-state index in [0.717, 1.165) is 6.26 Å². The van der Waals surface area contributed by atoms with Gasteiger partial charge in [0.25, 0.3) is 5.69 Å². The molecule has 1 heterocycles. The molecule has 0 aliphatic heterocycles. The maximum atomic E-state index is 12.3. The molecule has 2 aromatic carbocycles. The van der Waals surface area contributed by atoms with E-state index in [2.05, 4.69) is 4.72 Å². The molecule has 0 spiro atoms. The number of nitrogens with zero attached hydrogens (tertiary/aromatic N) is 1. The second-order valence-corrected chi connectivity index (χ2v) is 7.90. The van der Waals surface area contributed by atoms with Crippen molar-refractivity contribution in [3.63, 3.8) is 0 Å². The fourth-order valence-electron chi connectivity index (χ4n) is 2.52. The first-order valence-corrected chi connectivity index (χ1v) is 10.3. The van der Waals surface area contributed by atoms with Crippen LogP contribution in [0, 0.1) is 10.1 Å². The van der Waals surface area contributed by atoms with Gasteiger partial charge in [-0.2, -0.15) is 0 Å². The van der Waals surface area contributed by atoms with Crippen LogP contribution in [0.5, 0.6) is 0 Å². The Morgan fingerprint density at radius 2 is 1.69 bits per heavy atom. The molecular weight excluding hydrogens is 396 g/mol. The topological polar surface area (TPSA) is 120 Å². The maximum Gasteiger partial charge on any atom is 0.269 e. The maximum absolute atomic E-state index is 12.3. The van der Waals surface area contributed by atoms with Crippen LogP contribution in [0.3, 0.4) is 0 Å². The van der Waals surface area contributed by atoms with Gasteiger partial charge in [-0.05, 0) is 60.7 Å². The van der Waals surface area contributed by atoms with Gasteiger partial charge in [0.05, 0.1) is 11.2 Å². The minimum atomic E-state index is -3.38. The van der Waals surface area contributed by atoms with Crippen LogP contribution in [0.2, 0.25) is 0 Å². The first-order chi connectivity index (χ1) is 13.7. The van der Waals surface area contributed by atoms with E-state index in [9.17, 15) is 23.3 Å². The highest BCUT2D eigenvalue weighted by Crippen LogP contribution is 2.25. The van der Waals surface area contributed by atoms with Gasteiger partial charge in [0.2, 0.25) is 10.0 Å². The zero-order chi connectivity index (χ0) is 21.0. The number of hydrogen-bond acceptors (Lipinski definition) is 6. The summed E-state index contributed by atoms with van der Waals surface area (Å²) in [5.41, 5.74) is 1.42. The second kappa shape index (κ2) is 8.11. The Hall–Kier alpha value is -3.72. The lowest BCUT2D eigenvalue weighted by molar-refractivity contribution is -0.384. The number of hydrogen-bond donors (Lipinski definition) is 1. The van der Waals surface area contributed by atoms with Crippen LogP contribution in [-0.2, 0) is 10.0 Å². The van der Waals surface area contributed by atoms with Gasteiger partial charge in [0, 0.05) is 28.9 Å². The molecule has 0 radical (unpaired) electrons. The number of nitro benzene ring substituents is 1. The molecule has 9 heteroatoms. The van der Waals surface area contributed by atoms with E-state index in [4.69, 9.17) is 4.42 Å².